The Morgan fingerprint density at radius 2 is 1.56 bits per heavy atom. The van der Waals surface area contributed by atoms with Crippen LogP contribution in [0.5, 0.6) is 0 Å². The number of nitrogens with zero attached hydrogens (tertiary/aromatic N) is 1. The Hall–Kier alpha value is -0.196. The van der Waals surface area contributed by atoms with E-state index in [0.29, 0.717) is 10.3 Å². The van der Waals surface area contributed by atoms with Crippen LogP contribution in [0.15, 0.2) is 6.20 Å². The zero-order chi connectivity index (χ0) is 12.7. The maximum absolute atomic E-state index is 14.4. The third-order valence-corrected chi connectivity index (χ3v) is 6.64. The van der Waals surface area contributed by atoms with E-state index < -0.39 is 16.1 Å². The summed E-state index contributed by atoms with van der Waals surface area (Å²) >= 11 is 6.08. The SMILES string of the molecule is C[Si](C)(C)c1ncc(Cl)c([Si](C)(C)C)c1F. The van der Waals surface area contributed by atoms with Crippen molar-refractivity contribution in [3.63, 3.8) is 0 Å². The predicted molar refractivity (Wildman–Crippen MR) is 75.2 cm³/mol. The summed E-state index contributed by atoms with van der Waals surface area (Å²) < 4.78 is 14.4. The molecular formula is C11H19ClFNSi2. The van der Waals surface area contributed by atoms with Gasteiger partial charge in [0.1, 0.15) is 13.9 Å². The van der Waals surface area contributed by atoms with Crippen molar-refractivity contribution in [1.82, 2.24) is 4.98 Å². The zero-order valence-corrected chi connectivity index (χ0v) is 13.5. The summed E-state index contributed by atoms with van der Waals surface area (Å²) in [7, 11) is -3.49. The van der Waals surface area contributed by atoms with Crippen LogP contribution in [0.25, 0.3) is 0 Å². The van der Waals surface area contributed by atoms with Gasteiger partial charge in [-0.3, -0.25) is 4.98 Å². The lowest BCUT2D eigenvalue weighted by atomic mass is 10.5. The van der Waals surface area contributed by atoms with Crippen LogP contribution in [-0.4, -0.2) is 21.1 Å². The fourth-order valence-corrected chi connectivity index (χ4v) is 5.58. The molecule has 0 saturated heterocycles. The average Bonchev–Trinajstić information content (AvgIpc) is 1.97. The van der Waals surface area contributed by atoms with Crippen molar-refractivity contribution in [2.45, 2.75) is 39.3 Å². The van der Waals surface area contributed by atoms with Crippen molar-refractivity contribution in [3.8, 4) is 0 Å². The average molecular weight is 276 g/mol. The van der Waals surface area contributed by atoms with Gasteiger partial charge in [0.15, 0.2) is 0 Å². The summed E-state index contributed by atoms with van der Waals surface area (Å²) in [4.78, 5) is 4.20. The smallest absolute Gasteiger partial charge is 0.140 e. The summed E-state index contributed by atoms with van der Waals surface area (Å²) in [5.74, 6) is -0.147. The molecule has 0 aromatic carbocycles. The molecule has 0 amide bonds. The molecule has 0 bridgehead atoms. The molecule has 16 heavy (non-hydrogen) atoms. The molecule has 0 aliphatic rings. The second kappa shape index (κ2) is 4.24. The molecule has 0 fully saturated rings. The number of rotatable bonds is 2. The van der Waals surface area contributed by atoms with Gasteiger partial charge < -0.3 is 0 Å². The summed E-state index contributed by atoms with van der Waals surface area (Å²) in [5, 5.41) is 1.86. The van der Waals surface area contributed by atoms with Crippen molar-refractivity contribution in [3.05, 3.63) is 17.0 Å². The lowest BCUT2D eigenvalue weighted by Gasteiger charge is -2.24. The third-order valence-electron chi connectivity index (χ3n) is 2.43. The largest absolute Gasteiger partial charge is 0.262 e. The van der Waals surface area contributed by atoms with Gasteiger partial charge in [0.05, 0.1) is 18.4 Å². The van der Waals surface area contributed by atoms with Gasteiger partial charge in [-0.2, -0.15) is 0 Å². The highest BCUT2D eigenvalue weighted by Gasteiger charge is 2.31. The minimum Gasteiger partial charge on any atom is -0.262 e. The first kappa shape index (κ1) is 13.9. The molecule has 0 N–H and O–H groups in total. The van der Waals surface area contributed by atoms with Crippen LogP contribution in [0.1, 0.15) is 0 Å². The van der Waals surface area contributed by atoms with Gasteiger partial charge in [-0.15, -0.1) is 0 Å². The lowest BCUT2D eigenvalue weighted by molar-refractivity contribution is 0.637. The molecule has 90 valence electrons. The topological polar surface area (TPSA) is 12.9 Å². The fourth-order valence-electron chi connectivity index (χ4n) is 1.68. The standard InChI is InChI=1S/C11H19ClFNSi2/c1-15(2,3)10-8(12)7-14-11(9(10)13)16(4,5)6/h7H,1-6H3. The molecule has 1 rings (SSSR count). The molecule has 0 aliphatic heterocycles. The van der Waals surface area contributed by atoms with E-state index in [9.17, 15) is 4.39 Å². The molecule has 1 aromatic heterocycles. The molecule has 0 spiro atoms. The minimum absolute atomic E-state index is 0.147. The highest BCUT2D eigenvalue weighted by Crippen LogP contribution is 2.14. The van der Waals surface area contributed by atoms with Gasteiger partial charge in [-0.1, -0.05) is 50.9 Å². The van der Waals surface area contributed by atoms with Crippen molar-refractivity contribution in [1.29, 1.82) is 0 Å². The van der Waals surface area contributed by atoms with Crippen LogP contribution in [0, 0.1) is 5.82 Å². The van der Waals surface area contributed by atoms with Crippen LogP contribution in [0.3, 0.4) is 0 Å². The number of hydrogen-bond acceptors (Lipinski definition) is 1. The molecule has 1 nitrogen and oxygen atoms in total. The number of hydrogen-bond donors (Lipinski definition) is 0. The molecule has 0 aliphatic carbocycles. The predicted octanol–water partition coefficient (Wildman–Crippen LogP) is 2.96. The van der Waals surface area contributed by atoms with Crippen molar-refractivity contribution in [2.75, 3.05) is 0 Å². The number of halogens is 2. The maximum Gasteiger partial charge on any atom is 0.140 e. The first-order chi connectivity index (χ1) is 7.05. The third kappa shape index (κ3) is 2.73. The van der Waals surface area contributed by atoms with Gasteiger partial charge in [0.25, 0.3) is 0 Å². The van der Waals surface area contributed by atoms with Crippen LogP contribution >= 0.6 is 11.6 Å². The Labute approximate surface area is 104 Å². The summed E-state index contributed by atoms with van der Waals surface area (Å²) in [6, 6.07) is 0. The molecular weight excluding hydrogens is 257 g/mol. The van der Waals surface area contributed by atoms with Gasteiger partial charge in [0, 0.05) is 6.20 Å². The Morgan fingerprint density at radius 1 is 1.06 bits per heavy atom. The second-order valence-electron chi connectivity index (χ2n) is 6.14. The van der Waals surface area contributed by atoms with Gasteiger partial charge in [-0.25, -0.2) is 4.39 Å². The van der Waals surface area contributed by atoms with Gasteiger partial charge in [-0.05, 0) is 5.19 Å². The first-order valence-corrected chi connectivity index (χ1v) is 12.8. The normalized spacial score (nSPS) is 13.0. The highest BCUT2D eigenvalue weighted by molar-refractivity contribution is 6.92. The van der Waals surface area contributed by atoms with Crippen LogP contribution in [-0.2, 0) is 0 Å². The van der Waals surface area contributed by atoms with Crippen LogP contribution in [0.2, 0.25) is 44.3 Å². The Bertz CT molecular complexity index is 408. The molecule has 1 heterocycles. The Kier molecular flexibility index (Phi) is 3.67. The Balaban J connectivity index is 3.52. The van der Waals surface area contributed by atoms with Crippen molar-refractivity contribution < 1.29 is 4.39 Å². The lowest BCUT2D eigenvalue weighted by Crippen LogP contribution is -2.51. The van der Waals surface area contributed by atoms with E-state index in [0.717, 1.165) is 5.19 Å². The van der Waals surface area contributed by atoms with E-state index >= 15 is 0 Å². The van der Waals surface area contributed by atoms with E-state index in [1.54, 1.807) is 6.20 Å². The van der Waals surface area contributed by atoms with Gasteiger partial charge >= 0.3 is 0 Å². The monoisotopic (exact) mass is 275 g/mol. The van der Waals surface area contributed by atoms with Crippen molar-refractivity contribution in [2.24, 2.45) is 0 Å². The van der Waals surface area contributed by atoms with Crippen LogP contribution < -0.4 is 10.5 Å². The minimum atomic E-state index is -1.76. The summed E-state index contributed by atoms with van der Waals surface area (Å²) in [5.41, 5.74) is 0. The van der Waals surface area contributed by atoms with Crippen LogP contribution in [0.4, 0.5) is 4.39 Å². The molecule has 0 radical (unpaired) electrons. The van der Waals surface area contributed by atoms with Crippen molar-refractivity contribution >= 4 is 38.3 Å². The summed E-state index contributed by atoms with van der Waals surface area (Å²) in [6.07, 6.45) is 1.62. The molecule has 0 saturated carbocycles. The molecule has 1 aromatic rings. The number of aromatic nitrogens is 1. The highest BCUT2D eigenvalue weighted by atomic mass is 35.5. The zero-order valence-electron chi connectivity index (χ0n) is 10.8. The molecule has 0 unspecified atom stereocenters. The van der Waals surface area contributed by atoms with Gasteiger partial charge in [0.2, 0.25) is 0 Å². The first-order valence-electron chi connectivity index (χ1n) is 5.40. The quantitative estimate of drug-likeness (QED) is 0.757. The van der Waals surface area contributed by atoms with E-state index in [1.807, 2.05) is 0 Å². The molecule has 5 heteroatoms. The number of pyridine rings is 1. The second-order valence-corrected chi connectivity index (χ2v) is 16.5. The van der Waals surface area contributed by atoms with E-state index in [4.69, 9.17) is 11.6 Å². The molecule has 0 atom stereocenters. The summed E-state index contributed by atoms with van der Waals surface area (Å²) in [6.45, 7) is 12.6. The maximum atomic E-state index is 14.4. The fraction of sp³-hybridized carbons (Fsp3) is 0.545. The van der Waals surface area contributed by atoms with E-state index in [1.165, 1.54) is 0 Å². The van der Waals surface area contributed by atoms with E-state index in [2.05, 4.69) is 44.3 Å². The van der Waals surface area contributed by atoms with E-state index in [-0.39, 0.29) is 5.82 Å². The Morgan fingerprint density at radius 3 is 1.94 bits per heavy atom.